The van der Waals surface area contributed by atoms with Crippen molar-refractivity contribution in [3.63, 3.8) is 0 Å². The molecular weight excluding hydrogens is 240 g/mol. The highest BCUT2D eigenvalue weighted by Gasteiger charge is 2.43. The molecule has 1 saturated carbocycles. The average molecular weight is 262 g/mol. The highest BCUT2D eigenvalue weighted by molar-refractivity contribution is 5.20. The fraction of sp³-hybridized carbons (Fsp3) is 0.667. The van der Waals surface area contributed by atoms with Crippen LogP contribution in [0.4, 0.5) is 0 Å². The van der Waals surface area contributed by atoms with Gasteiger partial charge in [-0.2, -0.15) is 0 Å². The monoisotopic (exact) mass is 262 g/mol. The van der Waals surface area contributed by atoms with Crippen LogP contribution in [0.1, 0.15) is 37.8 Å². The van der Waals surface area contributed by atoms with E-state index in [-0.39, 0.29) is 11.7 Å². The predicted molar refractivity (Wildman–Crippen MR) is 73.2 cm³/mol. The zero-order valence-electron chi connectivity index (χ0n) is 11.3. The molecule has 1 spiro atoms. The molecular formula is C15H22N2O2. The molecule has 1 unspecified atom stereocenters. The molecule has 4 heteroatoms. The van der Waals surface area contributed by atoms with Crippen molar-refractivity contribution in [1.82, 2.24) is 4.98 Å². The fourth-order valence-electron chi connectivity index (χ4n) is 2.97. The Morgan fingerprint density at radius 2 is 2.32 bits per heavy atom. The molecule has 2 N–H and O–H groups in total. The minimum Gasteiger partial charge on any atom is -0.489 e. The van der Waals surface area contributed by atoms with Crippen LogP contribution in [-0.2, 0) is 11.2 Å². The molecule has 1 aliphatic carbocycles. The summed E-state index contributed by atoms with van der Waals surface area (Å²) in [4.78, 5) is 4.37. The van der Waals surface area contributed by atoms with Gasteiger partial charge in [-0.05, 0) is 37.9 Å². The lowest BCUT2D eigenvalue weighted by Gasteiger charge is -2.46. The number of hydrogen-bond donors (Lipinski definition) is 1. The lowest BCUT2D eigenvalue weighted by atomic mass is 9.74. The number of nitrogens with two attached hydrogens (primary N) is 1. The number of aromatic nitrogens is 1. The van der Waals surface area contributed by atoms with E-state index in [0.717, 1.165) is 37.3 Å². The first-order valence-corrected chi connectivity index (χ1v) is 7.25. The summed E-state index contributed by atoms with van der Waals surface area (Å²) in [6.45, 7) is 1.46. The zero-order valence-corrected chi connectivity index (χ0v) is 11.3. The van der Waals surface area contributed by atoms with Crippen LogP contribution in [0, 0.1) is 0 Å². The number of ether oxygens (including phenoxy) is 2. The molecule has 0 bridgehead atoms. The number of hydrogen-bond acceptors (Lipinski definition) is 4. The van der Waals surface area contributed by atoms with E-state index in [4.69, 9.17) is 15.2 Å². The molecule has 1 atom stereocenters. The van der Waals surface area contributed by atoms with Crippen LogP contribution in [0.3, 0.4) is 0 Å². The van der Waals surface area contributed by atoms with Gasteiger partial charge in [0.2, 0.25) is 0 Å². The van der Waals surface area contributed by atoms with Crippen LogP contribution in [0.15, 0.2) is 18.3 Å². The van der Waals surface area contributed by atoms with Crippen molar-refractivity contribution in [2.75, 3.05) is 13.2 Å². The molecule has 2 fully saturated rings. The maximum atomic E-state index is 6.05. The average Bonchev–Trinajstić information content (AvgIpc) is 2.40. The van der Waals surface area contributed by atoms with Crippen molar-refractivity contribution in [3.05, 3.63) is 24.0 Å². The second-order valence-electron chi connectivity index (χ2n) is 5.64. The first-order chi connectivity index (χ1) is 9.30. The first-order valence-electron chi connectivity index (χ1n) is 7.25. The molecule has 1 aromatic heterocycles. The highest BCUT2D eigenvalue weighted by Crippen LogP contribution is 2.43. The molecule has 0 amide bonds. The van der Waals surface area contributed by atoms with Crippen LogP contribution in [-0.4, -0.2) is 29.8 Å². The molecule has 1 saturated heterocycles. The van der Waals surface area contributed by atoms with Gasteiger partial charge in [0.15, 0.2) is 0 Å². The van der Waals surface area contributed by atoms with E-state index in [9.17, 15) is 0 Å². The topological polar surface area (TPSA) is 57.4 Å². The van der Waals surface area contributed by atoms with Gasteiger partial charge in [0.25, 0.3) is 0 Å². The van der Waals surface area contributed by atoms with Crippen molar-refractivity contribution in [1.29, 1.82) is 0 Å². The van der Waals surface area contributed by atoms with E-state index >= 15 is 0 Å². The highest BCUT2D eigenvalue weighted by atomic mass is 16.5. The summed E-state index contributed by atoms with van der Waals surface area (Å²) in [6.07, 6.45) is 8.60. The summed E-state index contributed by atoms with van der Waals surface area (Å²) < 4.78 is 12.0. The molecule has 104 valence electrons. The molecule has 0 radical (unpaired) electrons. The van der Waals surface area contributed by atoms with Crippen LogP contribution < -0.4 is 10.5 Å². The van der Waals surface area contributed by atoms with Gasteiger partial charge in [-0.15, -0.1) is 0 Å². The van der Waals surface area contributed by atoms with Gasteiger partial charge >= 0.3 is 0 Å². The van der Waals surface area contributed by atoms with Crippen LogP contribution in [0.5, 0.6) is 5.75 Å². The molecule has 0 aromatic carbocycles. The number of nitrogens with zero attached hydrogens (tertiary/aromatic N) is 1. The summed E-state index contributed by atoms with van der Waals surface area (Å²) in [5, 5.41) is 0. The van der Waals surface area contributed by atoms with Gasteiger partial charge in [-0.3, -0.25) is 4.98 Å². The smallest absolute Gasteiger partial charge is 0.138 e. The third kappa shape index (κ3) is 2.90. The Morgan fingerprint density at radius 3 is 2.95 bits per heavy atom. The van der Waals surface area contributed by atoms with Gasteiger partial charge in [0.1, 0.15) is 11.9 Å². The molecule has 2 heterocycles. The molecule has 3 rings (SSSR count). The quantitative estimate of drug-likeness (QED) is 0.902. The second-order valence-corrected chi connectivity index (χ2v) is 5.64. The number of rotatable bonds is 4. The Hall–Kier alpha value is -1.13. The lowest BCUT2D eigenvalue weighted by molar-refractivity contribution is -0.153. The summed E-state index contributed by atoms with van der Waals surface area (Å²) in [5.74, 6) is 0.863. The zero-order chi connectivity index (χ0) is 13.1. The van der Waals surface area contributed by atoms with Crippen molar-refractivity contribution in [2.45, 2.75) is 50.2 Å². The van der Waals surface area contributed by atoms with Gasteiger partial charge in [-0.1, -0.05) is 0 Å². The minimum atomic E-state index is 0.135. The van der Waals surface area contributed by atoms with Crippen molar-refractivity contribution >= 4 is 0 Å². The van der Waals surface area contributed by atoms with E-state index in [1.807, 2.05) is 18.3 Å². The Morgan fingerprint density at radius 1 is 1.42 bits per heavy atom. The maximum Gasteiger partial charge on any atom is 0.138 e. The fourth-order valence-corrected chi connectivity index (χ4v) is 2.97. The summed E-state index contributed by atoms with van der Waals surface area (Å²) in [5.41, 5.74) is 6.67. The van der Waals surface area contributed by atoms with Crippen LogP contribution in [0.25, 0.3) is 0 Å². The Kier molecular flexibility index (Phi) is 3.71. The first kappa shape index (κ1) is 12.9. The van der Waals surface area contributed by atoms with E-state index < -0.39 is 0 Å². The SMILES string of the molecule is NCCc1ccc(OC2CCOC3(CCC3)C2)cn1. The molecule has 19 heavy (non-hydrogen) atoms. The molecule has 2 aliphatic rings. The molecule has 1 aliphatic heterocycles. The lowest BCUT2D eigenvalue weighted by Crippen LogP contribution is -2.48. The standard InChI is InChI=1S/C15H22N2O2/c16-8-4-12-2-3-14(11-17-12)19-13-5-9-18-15(10-13)6-1-7-15/h2-3,11,13H,1,4-10,16H2. The van der Waals surface area contributed by atoms with E-state index in [1.54, 1.807) is 0 Å². The van der Waals surface area contributed by atoms with Gasteiger partial charge in [-0.25, -0.2) is 0 Å². The van der Waals surface area contributed by atoms with E-state index in [0.29, 0.717) is 6.54 Å². The van der Waals surface area contributed by atoms with Gasteiger partial charge in [0, 0.05) is 25.0 Å². The summed E-state index contributed by atoms with van der Waals surface area (Å²) in [6, 6.07) is 4.00. The third-order valence-corrected chi connectivity index (χ3v) is 4.21. The maximum absolute atomic E-state index is 6.05. The van der Waals surface area contributed by atoms with Crippen molar-refractivity contribution in [2.24, 2.45) is 5.73 Å². The second kappa shape index (κ2) is 5.47. The van der Waals surface area contributed by atoms with Crippen molar-refractivity contribution in [3.8, 4) is 5.75 Å². The Labute approximate surface area is 114 Å². The summed E-state index contributed by atoms with van der Waals surface area (Å²) >= 11 is 0. The summed E-state index contributed by atoms with van der Waals surface area (Å²) in [7, 11) is 0. The largest absolute Gasteiger partial charge is 0.489 e. The van der Waals surface area contributed by atoms with Crippen LogP contribution in [0.2, 0.25) is 0 Å². The minimum absolute atomic E-state index is 0.135. The third-order valence-electron chi connectivity index (χ3n) is 4.21. The molecule has 1 aromatic rings. The van der Waals surface area contributed by atoms with Crippen molar-refractivity contribution < 1.29 is 9.47 Å². The van der Waals surface area contributed by atoms with Gasteiger partial charge < -0.3 is 15.2 Å². The Balaban J connectivity index is 1.58. The molecule has 4 nitrogen and oxygen atoms in total. The van der Waals surface area contributed by atoms with Crippen LogP contribution >= 0.6 is 0 Å². The van der Waals surface area contributed by atoms with E-state index in [1.165, 1.54) is 19.3 Å². The predicted octanol–water partition coefficient (Wildman–Crippen LogP) is 2.06. The van der Waals surface area contributed by atoms with Gasteiger partial charge in [0.05, 0.1) is 18.4 Å². The van der Waals surface area contributed by atoms with E-state index in [2.05, 4.69) is 4.98 Å². The normalized spacial score (nSPS) is 25.0. The Bertz CT molecular complexity index is 415. The number of pyridine rings is 1.